The summed E-state index contributed by atoms with van der Waals surface area (Å²) in [6.45, 7) is 4.75. The summed E-state index contributed by atoms with van der Waals surface area (Å²) < 4.78 is 10.9. The zero-order chi connectivity index (χ0) is 25.8. The van der Waals surface area contributed by atoms with E-state index in [4.69, 9.17) is 20.2 Å². The molecule has 3 heterocycles. The molecule has 0 unspecified atom stereocenters. The van der Waals surface area contributed by atoms with Crippen LogP contribution in [-0.4, -0.2) is 62.3 Å². The molecule has 1 aromatic heterocycles. The SMILES string of the molecule is COc1cc2nc(N(C)CC3(C4=CC=CNC4)CCN(Cc4ccccc4)CC3)nc(N)c2cc1OC. The van der Waals surface area contributed by atoms with E-state index >= 15 is 0 Å². The molecule has 0 spiro atoms. The zero-order valence-electron chi connectivity index (χ0n) is 21.9. The van der Waals surface area contributed by atoms with Crippen molar-refractivity contribution in [2.75, 3.05) is 58.1 Å². The number of aromatic nitrogens is 2. The summed E-state index contributed by atoms with van der Waals surface area (Å²) in [6.07, 6.45) is 8.55. The molecule has 0 radical (unpaired) electrons. The number of anilines is 2. The number of benzene rings is 2. The lowest BCUT2D eigenvalue weighted by Crippen LogP contribution is -2.48. The fourth-order valence-electron chi connectivity index (χ4n) is 5.55. The molecule has 1 fully saturated rings. The lowest BCUT2D eigenvalue weighted by atomic mass is 9.71. The van der Waals surface area contributed by atoms with E-state index in [1.54, 1.807) is 14.2 Å². The third-order valence-corrected chi connectivity index (χ3v) is 7.65. The summed E-state index contributed by atoms with van der Waals surface area (Å²) in [4.78, 5) is 14.3. The molecule has 2 aliphatic heterocycles. The number of dihydropyridines is 1. The Morgan fingerprint density at radius 3 is 2.46 bits per heavy atom. The second-order valence-corrected chi connectivity index (χ2v) is 9.96. The molecule has 8 heteroatoms. The van der Waals surface area contributed by atoms with E-state index in [1.165, 1.54) is 11.1 Å². The van der Waals surface area contributed by atoms with Crippen LogP contribution in [0.1, 0.15) is 18.4 Å². The number of methoxy groups -OCH3 is 2. The van der Waals surface area contributed by atoms with Crippen LogP contribution in [0.3, 0.4) is 0 Å². The van der Waals surface area contributed by atoms with Gasteiger partial charge in [-0.05, 0) is 55.4 Å². The number of nitrogens with zero attached hydrogens (tertiary/aromatic N) is 4. The molecule has 0 atom stereocenters. The van der Waals surface area contributed by atoms with Crippen LogP contribution in [0, 0.1) is 5.41 Å². The van der Waals surface area contributed by atoms with Gasteiger partial charge < -0.3 is 25.4 Å². The molecule has 3 N–H and O–H groups in total. The minimum atomic E-state index is 0.0182. The maximum absolute atomic E-state index is 6.40. The van der Waals surface area contributed by atoms with Gasteiger partial charge in [0, 0.05) is 43.5 Å². The fraction of sp³-hybridized carbons (Fsp3) is 0.379. The van der Waals surface area contributed by atoms with Crippen LogP contribution in [-0.2, 0) is 6.54 Å². The maximum atomic E-state index is 6.40. The van der Waals surface area contributed by atoms with Crippen molar-refractivity contribution in [2.45, 2.75) is 19.4 Å². The van der Waals surface area contributed by atoms with Gasteiger partial charge in [0.25, 0.3) is 0 Å². The quantitative estimate of drug-likeness (QED) is 0.480. The Morgan fingerprint density at radius 1 is 1.05 bits per heavy atom. The molecule has 2 aromatic carbocycles. The number of nitrogen functional groups attached to an aromatic ring is 1. The van der Waals surface area contributed by atoms with Gasteiger partial charge in [0.05, 0.1) is 19.7 Å². The number of fused-ring (bicyclic) bond motifs is 1. The Morgan fingerprint density at radius 2 is 1.78 bits per heavy atom. The molecule has 3 aromatic rings. The lowest BCUT2D eigenvalue weighted by Gasteiger charge is -2.46. The first kappa shape index (κ1) is 24.9. The molecular weight excluding hydrogens is 464 g/mol. The number of nitrogens with two attached hydrogens (primary N) is 1. The smallest absolute Gasteiger partial charge is 0.227 e. The number of hydrogen-bond acceptors (Lipinski definition) is 8. The summed E-state index contributed by atoms with van der Waals surface area (Å²) >= 11 is 0. The van der Waals surface area contributed by atoms with E-state index in [2.05, 4.69) is 69.6 Å². The number of allylic oxidation sites excluding steroid dienone is 2. The van der Waals surface area contributed by atoms with Crippen LogP contribution < -0.4 is 25.4 Å². The van der Waals surface area contributed by atoms with Crippen LogP contribution >= 0.6 is 0 Å². The van der Waals surface area contributed by atoms with Crippen molar-refractivity contribution in [2.24, 2.45) is 5.41 Å². The first-order valence-electron chi connectivity index (χ1n) is 12.8. The number of hydrogen-bond donors (Lipinski definition) is 2. The molecular formula is C29H36N6O2. The molecule has 194 valence electrons. The topological polar surface area (TPSA) is 88.8 Å². The van der Waals surface area contributed by atoms with Crippen molar-refractivity contribution in [3.05, 3.63) is 72.0 Å². The van der Waals surface area contributed by atoms with Gasteiger partial charge in [-0.3, -0.25) is 4.90 Å². The highest BCUT2D eigenvalue weighted by molar-refractivity contribution is 5.91. The molecule has 0 aliphatic carbocycles. The monoisotopic (exact) mass is 500 g/mol. The standard InChI is InChI=1S/C29H36N6O2/c1-34(28-32-24-17-26(37-3)25(36-2)16-23(24)27(30)33-28)20-29(22-10-7-13-31-18-22)11-14-35(15-12-29)19-21-8-5-4-6-9-21/h4-10,13,16-17,31H,11-12,14-15,18-20H2,1-3H3,(H2,30,32,33). The Labute approximate surface area is 218 Å². The maximum Gasteiger partial charge on any atom is 0.227 e. The average molecular weight is 501 g/mol. The van der Waals surface area contributed by atoms with E-state index in [9.17, 15) is 0 Å². The van der Waals surface area contributed by atoms with Crippen LogP contribution in [0.2, 0.25) is 0 Å². The van der Waals surface area contributed by atoms with Crippen molar-refractivity contribution in [1.29, 1.82) is 0 Å². The van der Waals surface area contributed by atoms with E-state index < -0.39 is 0 Å². The van der Waals surface area contributed by atoms with Gasteiger partial charge >= 0.3 is 0 Å². The van der Waals surface area contributed by atoms with Crippen LogP contribution in [0.25, 0.3) is 10.9 Å². The first-order valence-corrected chi connectivity index (χ1v) is 12.8. The van der Waals surface area contributed by atoms with Gasteiger partial charge in [-0.2, -0.15) is 4.98 Å². The van der Waals surface area contributed by atoms with E-state index in [0.717, 1.165) is 56.5 Å². The molecule has 0 saturated carbocycles. The number of piperidine rings is 1. The molecule has 0 bridgehead atoms. The Bertz CT molecular complexity index is 1300. The van der Waals surface area contributed by atoms with Crippen LogP contribution in [0.15, 0.2) is 66.4 Å². The van der Waals surface area contributed by atoms with E-state index in [-0.39, 0.29) is 5.41 Å². The minimum absolute atomic E-state index is 0.0182. The van der Waals surface area contributed by atoms with Crippen LogP contribution in [0.4, 0.5) is 11.8 Å². The van der Waals surface area contributed by atoms with Crippen molar-refractivity contribution >= 4 is 22.7 Å². The average Bonchev–Trinajstić information content (AvgIpc) is 2.94. The summed E-state index contributed by atoms with van der Waals surface area (Å²) in [7, 11) is 5.29. The van der Waals surface area contributed by atoms with Crippen molar-refractivity contribution in [3.8, 4) is 11.5 Å². The molecule has 5 rings (SSSR count). The zero-order valence-corrected chi connectivity index (χ0v) is 21.9. The molecule has 2 aliphatic rings. The van der Waals surface area contributed by atoms with Gasteiger partial charge in [0.15, 0.2) is 11.5 Å². The highest BCUT2D eigenvalue weighted by Crippen LogP contribution is 2.41. The third-order valence-electron chi connectivity index (χ3n) is 7.65. The largest absolute Gasteiger partial charge is 0.493 e. The minimum Gasteiger partial charge on any atom is -0.493 e. The second kappa shape index (κ2) is 10.7. The molecule has 37 heavy (non-hydrogen) atoms. The number of rotatable bonds is 8. The Balaban J connectivity index is 1.40. The van der Waals surface area contributed by atoms with Crippen molar-refractivity contribution < 1.29 is 9.47 Å². The van der Waals surface area contributed by atoms with Crippen LogP contribution in [0.5, 0.6) is 11.5 Å². The number of likely N-dealkylation sites (tertiary alicyclic amines) is 1. The summed E-state index contributed by atoms with van der Waals surface area (Å²) in [5.74, 6) is 2.27. The summed E-state index contributed by atoms with van der Waals surface area (Å²) in [6, 6.07) is 14.4. The number of ether oxygens (including phenoxy) is 2. The predicted octanol–water partition coefficient (Wildman–Crippen LogP) is 3.99. The fourth-order valence-corrected chi connectivity index (χ4v) is 5.55. The summed E-state index contributed by atoms with van der Waals surface area (Å²) in [5, 5.41) is 4.17. The van der Waals surface area contributed by atoms with E-state index in [1.807, 2.05) is 18.3 Å². The second-order valence-electron chi connectivity index (χ2n) is 9.96. The van der Waals surface area contributed by atoms with Gasteiger partial charge in [0.1, 0.15) is 5.82 Å². The highest BCUT2D eigenvalue weighted by atomic mass is 16.5. The molecule has 1 saturated heterocycles. The predicted molar refractivity (Wildman–Crippen MR) is 149 cm³/mol. The normalized spacial score (nSPS) is 17.2. The van der Waals surface area contributed by atoms with Gasteiger partial charge in [0.2, 0.25) is 5.95 Å². The van der Waals surface area contributed by atoms with Gasteiger partial charge in [-0.1, -0.05) is 36.4 Å². The van der Waals surface area contributed by atoms with Crippen molar-refractivity contribution in [1.82, 2.24) is 20.2 Å². The Hall–Kier alpha value is -3.78. The van der Waals surface area contributed by atoms with Crippen molar-refractivity contribution in [3.63, 3.8) is 0 Å². The third kappa shape index (κ3) is 5.20. The van der Waals surface area contributed by atoms with E-state index in [0.29, 0.717) is 23.3 Å². The highest BCUT2D eigenvalue weighted by Gasteiger charge is 2.39. The summed E-state index contributed by atoms with van der Waals surface area (Å²) in [5.41, 5.74) is 9.95. The Kier molecular flexibility index (Phi) is 7.19. The first-order chi connectivity index (χ1) is 18.0. The van der Waals surface area contributed by atoms with Gasteiger partial charge in [-0.15, -0.1) is 0 Å². The molecule has 8 nitrogen and oxygen atoms in total. The number of nitrogens with one attached hydrogen (secondary N) is 1. The van der Waals surface area contributed by atoms with Gasteiger partial charge in [-0.25, -0.2) is 4.98 Å². The lowest BCUT2D eigenvalue weighted by molar-refractivity contribution is 0.128. The molecule has 0 amide bonds.